The fourth-order valence-electron chi connectivity index (χ4n) is 3.27. The van der Waals surface area contributed by atoms with Crippen molar-refractivity contribution in [2.45, 2.75) is 31.7 Å². The first-order chi connectivity index (χ1) is 11.8. The molecule has 4 rings (SSSR count). The Morgan fingerprint density at radius 2 is 2.25 bits per heavy atom. The van der Waals surface area contributed by atoms with E-state index in [4.69, 9.17) is 0 Å². The van der Waals surface area contributed by atoms with Crippen molar-refractivity contribution in [3.8, 4) is 0 Å². The van der Waals surface area contributed by atoms with Crippen molar-refractivity contribution in [3.05, 3.63) is 42.9 Å². The fourth-order valence-corrected chi connectivity index (χ4v) is 3.27. The summed E-state index contributed by atoms with van der Waals surface area (Å²) in [5, 5.41) is 12.6. The van der Waals surface area contributed by atoms with E-state index in [9.17, 15) is 4.79 Å². The average Bonchev–Trinajstić information content (AvgIpc) is 3.29. The number of likely N-dealkylation sites (tertiary alicyclic amines) is 1. The predicted molar refractivity (Wildman–Crippen MR) is 86.2 cm³/mol. The molecule has 3 aromatic heterocycles. The topological polar surface area (TPSA) is 81.2 Å². The highest BCUT2D eigenvalue weighted by Crippen LogP contribution is 2.26. The molecule has 8 nitrogen and oxygen atoms in total. The number of piperidine rings is 1. The lowest BCUT2D eigenvalue weighted by Crippen LogP contribution is -2.39. The standard InChI is InChI=1S/C16H19N7O/c24-15(6-9-22-12-17-11-18-22)21-7-3-4-13(10-21)16-20-19-14-5-1-2-8-23(14)16/h1-2,5,8,11-13H,3-4,6-7,9-10H2. The number of aryl methyl sites for hydroxylation is 1. The Balaban J connectivity index is 1.44. The van der Waals surface area contributed by atoms with Gasteiger partial charge in [-0.15, -0.1) is 10.2 Å². The summed E-state index contributed by atoms with van der Waals surface area (Å²) in [6.45, 7) is 2.07. The van der Waals surface area contributed by atoms with Gasteiger partial charge in [-0.25, -0.2) is 4.98 Å². The van der Waals surface area contributed by atoms with E-state index in [0.717, 1.165) is 30.9 Å². The molecule has 0 bridgehead atoms. The van der Waals surface area contributed by atoms with Crippen molar-refractivity contribution in [1.29, 1.82) is 0 Å². The first-order valence-electron chi connectivity index (χ1n) is 8.21. The molecule has 1 fully saturated rings. The van der Waals surface area contributed by atoms with Crippen LogP contribution in [0.15, 0.2) is 37.1 Å². The van der Waals surface area contributed by atoms with E-state index < -0.39 is 0 Å². The van der Waals surface area contributed by atoms with Crippen molar-refractivity contribution in [1.82, 2.24) is 34.3 Å². The Morgan fingerprint density at radius 3 is 3.12 bits per heavy atom. The van der Waals surface area contributed by atoms with Crippen LogP contribution >= 0.6 is 0 Å². The van der Waals surface area contributed by atoms with Crippen LogP contribution in [0.2, 0.25) is 0 Å². The van der Waals surface area contributed by atoms with Crippen LogP contribution in [0, 0.1) is 0 Å². The molecule has 124 valence electrons. The van der Waals surface area contributed by atoms with Gasteiger partial charge in [0, 0.05) is 31.6 Å². The third kappa shape index (κ3) is 2.86. The number of hydrogen-bond acceptors (Lipinski definition) is 5. The van der Waals surface area contributed by atoms with Crippen LogP contribution in [0.4, 0.5) is 0 Å². The van der Waals surface area contributed by atoms with Crippen LogP contribution in [0.5, 0.6) is 0 Å². The molecule has 0 saturated carbocycles. The summed E-state index contributed by atoms with van der Waals surface area (Å²) in [6, 6.07) is 5.87. The monoisotopic (exact) mass is 325 g/mol. The minimum Gasteiger partial charge on any atom is -0.342 e. The summed E-state index contributed by atoms with van der Waals surface area (Å²) in [6.07, 6.45) is 7.56. The highest BCUT2D eigenvalue weighted by molar-refractivity contribution is 5.76. The third-order valence-electron chi connectivity index (χ3n) is 4.50. The van der Waals surface area contributed by atoms with E-state index in [0.29, 0.717) is 19.5 Å². The Kier molecular flexibility index (Phi) is 3.94. The highest BCUT2D eigenvalue weighted by atomic mass is 16.2. The molecule has 1 unspecified atom stereocenters. The van der Waals surface area contributed by atoms with Crippen LogP contribution in [0.3, 0.4) is 0 Å². The van der Waals surface area contributed by atoms with E-state index >= 15 is 0 Å². The number of pyridine rings is 1. The van der Waals surface area contributed by atoms with Crippen LogP contribution in [-0.4, -0.2) is 53.3 Å². The van der Waals surface area contributed by atoms with Crippen molar-refractivity contribution >= 4 is 11.6 Å². The number of carbonyl (C=O) groups is 1. The zero-order chi connectivity index (χ0) is 16.4. The number of aromatic nitrogens is 6. The SMILES string of the molecule is O=C(CCn1cncn1)N1CCCC(c2nnc3ccccn23)C1. The van der Waals surface area contributed by atoms with E-state index in [-0.39, 0.29) is 11.8 Å². The van der Waals surface area contributed by atoms with Gasteiger partial charge in [0.2, 0.25) is 5.91 Å². The first kappa shape index (κ1) is 14.8. The number of amides is 1. The van der Waals surface area contributed by atoms with Crippen LogP contribution in [0.1, 0.15) is 31.0 Å². The number of hydrogen-bond donors (Lipinski definition) is 0. The van der Waals surface area contributed by atoms with Gasteiger partial charge >= 0.3 is 0 Å². The summed E-state index contributed by atoms with van der Waals surface area (Å²) in [4.78, 5) is 18.3. The number of carbonyl (C=O) groups excluding carboxylic acids is 1. The second kappa shape index (κ2) is 6.38. The molecule has 1 amide bonds. The molecular weight excluding hydrogens is 306 g/mol. The van der Waals surface area contributed by atoms with Gasteiger partial charge in [-0.1, -0.05) is 6.07 Å². The zero-order valence-electron chi connectivity index (χ0n) is 13.3. The molecular formula is C16H19N7O. The molecule has 1 aliphatic heterocycles. The van der Waals surface area contributed by atoms with Gasteiger partial charge in [0.1, 0.15) is 18.5 Å². The van der Waals surface area contributed by atoms with E-state index in [2.05, 4.69) is 20.3 Å². The summed E-state index contributed by atoms with van der Waals surface area (Å²) in [5.41, 5.74) is 0.849. The van der Waals surface area contributed by atoms with E-state index in [1.165, 1.54) is 6.33 Å². The van der Waals surface area contributed by atoms with Gasteiger partial charge in [-0.2, -0.15) is 5.10 Å². The van der Waals surface area contributed by atoms with Crippen LogP contribution < -0.4 is 0 Å². The minimum absolute atomic E-state index is 0.157. The summed E-state index contributed by atoms with van der Waals surface area (Å²) in [5.74, 6) is 1.33. The predicted octanol–water partition coefficient (Wildman–Crippen LogP) is 1.12. The van der Waals surface area contributed by atoms with Gasteiger partial charge in [0.15, 0.2) is 5.65 Å². The summed E-state index contributed by atoms with van der Waals surface area (Å²) < 4.78 is 3.71. The summed E-state index contributed by atoms with van der Waals surface area (Å²) in [7, 11) is 0. The lowest BCUT2D eigenvalue weighted by Gasteiger charge is -2.32. The Labute approximate surface area is 139 Å². The average molecular weight is 325 g/mol. The van der Waals surface area contributed by atoms with Crippen molar-refractivity contribution < 1.29 is 4.79 Å². The van der Waals surface area contributed by atoms with Crippen molar-refractivity contribution in [3.63, 3.8) is 0 Å². The summed E-state index contributed by atoms with van der Waals surface area (Å²) >= 11 is 0. The van der Waals surface area contributed by atoms with Gasteiger partial charge in [-0.3, -0.25) is 13.9 Å². The molecule has 0 spiro atoms. The minimum atomic E-state index is 0.157. The Hall–Kier alpha value is -2.77. The molecule has 1 aliphatic rings. The first-order valence-corrected chi connectivity index (χ1v) is 8.21. The molecule has 1 saturated heterocycles. The van der Waals surface area contributed by atoms with E-state index in [1.54, 1.807) is 11.0 Å². The Morgan fingerprint density at radius 1 is 1.29 bits per heavy atom. The Bertz CT molecular complexity index is 826. The molecule has 3 aromatic rings. The van der Waals surface area contributed by atoms with Gasteiger partial charge in [0.25, 0.3) is 0 Å². The quantitative estimate of drug-likeness (QED) is 0.718. The number of nitrogens with zero attached hydrogens (tertiary/aromatic N) is 7. The molecule has 4 heterocycles. The maximum Gasteiger partial charge on any atom is 0.224 e. The lowest BCUT2D eigenvalue weighted by molar-refractivity contribution is -0.132. The molecule has 0 N–H and O–H groups in total. The fraction of sp³-hybridized carbons (Fsp3) is 0.438. The largest absolute Gasteiger partial charge is 0.342 e. The van der Waals surface area contributed by atoms with Gasteiger partial charge < -0.3 is 4.90 Å². The number of fused-ring (bicyclic) bond motifs is 1. The highest BCUT2D eigenvalue weighted by Gasteiger charge is 2.27. The van der Waals surface area contributed by atoms with Gasteiger partial charge in [-0.05, 0) is 25.0 Å². The maximum atomic E-state index is 12.5. The normalized spacial score (nSPS) is 18.2. The molecule has 8 heteroatoms. The molecule has 24 heavy (non-hydrogen) atoms. The third-order valence-corrected chi connectivity index (χ3v) is 4.50. The van der Waals surface area contributed by atoms with Crippen LogP contribution in [-0.2, 0) is 11.3 Å². The lowest BCUT2D eigenvalue weighted by atomic mass is 9.97. The molecule has 0 aliphatic carbocycles. The second-order valence-corrected chi connectivity index (χ2v) is 6.07. The van der Waals surface area contributed by atoms with E-state index in [1.807, 2.05) is 33.7 Å². The molecule has 1 atom stereocenters. The van der Waals surface area contributed by atoms with Gasteiger partial charge in [0.05, 0.1) is 6.54 Å². The number of rotatable bonds is 4. The maximum absolute atomic E-state index is 12.5. The van der Waals surface area contributed by atoms with Crippen molar-refractivity contribution in [2.75, 3.05) is 13.1 Å². The van der Waals surface area contributed by atoms with Crippen LogP contribution in [0.25, 0.3) is 5.65 Å². The smallest absolute Gasteiger partial charge is 0.224 e. The molecule has 0 aromatic carbocycles. The van der Waals surface area contributed by atoms with Crippen molar-refractivity contribution in [2.24, 2.45) is 0 Å². The zero-order valence-corrected chi connectivity index (χ0v) is 13.3. The second-order valence-electron chi connectivity index (χ2n) is 6.07. The molecule has 0 radical (unpaired) electrons.